The van der Waals surface area contributed by atoms with Gasteiger partial charge in [-0.2, -0.15) is 0 Å². The monoisotopic (exact) mass is 524 g/mol. The van der Waals surface area contributed by atoms with Crippen molar-refractivity contribution in [1.82, 2.24) is 0 Å². The summed E-state index contributed by atoms with van der Waals surface area (Å²) in [7, 11) is 0. The van der Waals surface area contributed by atoms with Crippen LogP contribution in [0.15, 0.2) is 24.3 Å². The lowest BCUT2D eigenvalue weighted by Crippen LogP contribution is -2.15. The lowest BCUT2D eigenvalue weighted by molar-refractivity contribution is -0.141. The largest absolute Gasteiger partial charge is 0.460 e. The van der Waals surface area contributed by atoms with Gasteiger partial charge in [-0.05, 0) is 13.8 Å². The summed E-state index contributed by atoms with van der Waals surface area (Å²) in [5.41, 5.74) is 0.727. The molecule has 0 atom stereocenters. The number of carbonyl (C=O) groups is 2. The highest BCUT2D eigenvalue weighted by molar-refractivity contribution is 5.87. The van der Waals surface area contributed by atoms with Crippen LogP contribution in [0.1, 0.15) is 13.8 Å². The fourth-order valence-electron chi connectivity index (χ4n) is 1.85. The molecule has 0 aromatic carbocycles. The maximum atomic E-state index is 11.0. The van der Waals surface area contributed by atoms with E-state index in [-0.39, 0.29) is 26.4 Å². The van der Waals surface area contributed by atoms with E-state index in [9.17, 15) is 9.59 Å². The van der Waals surface area contributed by atoms with Gasteiger partial charge in [0.2, 0.25) is 0 Å². The molecule has 12 nitrogen and oxygen atoms in total. The van der Waals surface area contributed by atoms with Gasteiger partial charge in [-0.3, -0.25) is 0 Å². The molecule has 0 amide bonds. The lowest BCUT2D eigenvalue weighted by atomic mass is 10.4. The van der Waals surface area contributed by atoms with E-state index < -0.39 is 11.9 Å². The average Bonchev–Trinajstić information content (AvgIpc) is 2.85. The Bertz CT molecular complexity index is 507. The molecule has 0 fully saturated rings. The van der Waals surface area contributed by atoms with Crippen LogP contribution >= 0.6 is 0 Å². The highest BCUT2D eigenvalue weighted by atomic mass is 16.6. The summed E-state index contributed by atoms with van der Waals surface area (Å²) in [6.45, 7) is 15.5. The topological polar surface area (TPSA) is 148 Å². The molecule has 0 aliphatic carbocycles. The van der Waals surface area contributed by atoms with Gasteiger partial charge < -0.3 is 48.1 Å². The molecule has 0 aliphatic heterocycles. The second-order valence-corrected chi connectivity index (χ2v) is 6.95. The molecule has 0 aromatic heterocycles. The van der Waals surface area contributed by atoms with Crippen LogP contribution in [0.25, 0.3) is 0 Å². The van der Waals surface area contributed by atoms with Crippen molar-refractivity contribution in [3.63, 3.8) is 0 Å². The van der Waals surface area contributed by atoms with Crippen LogP contribution in [0.4, 0.5) is 0 Å². The first-order valence-corrected chi connectivity index (χ1v) is 11.7. The van der Waals surface area contributed by atoms with Crippen molar-refractivity contribution in [3.8, 4) is 0 Å². The third-order valence-corrected chi connectivity index (χ3v) is 3.58. The minimum absolute atomic E-state index is 0.0413. The highest BCUT2D eigenvalue weighted by Gasteiger charge is 2.02. The van der Waals surface area contributed by atoms with E-state index in [1.54, 1.807) is 13.8 Å². The van der Waals surface area contributed by atoms with Gasteiger partial charge in [-0.1, -0.05) is 13.2 Å². The third kappa shape index (κ3) is 30.1. The summed E-state index contributed by atoms with van der Waals surface area (Å²) in [5.74, 6) is -0.841. The molecule has 0 aromatic rings. The molecule has 212 valence electrons. The van der Waals surface area contributed by atoms with Crippen LogP contribution < -0.4 is 0 Å². The summed E-state index contributed by atoms with van der Waals surface area (Å²) < 4.78 is 40.4. The van der Waals surface area contributed by atoms with E-state index >= 15 is 0 Å². The van der Waals surface area contributed by atoms with Gasteiger partial charge in [0.25, 0.3) is 0 Å². The van der Waals surface area contributed by atoms with Gasteiger partial charge in [0, 0.05) is 11.1 Å². The Hall–Kier alpha value is -1.90. The number of hydrogen-bond donors (Lipinski definition) is 2. The van der Waals surface area contributed by atoms with Gasteiger partial charge in [0.05, 0.1) is 92.5 Å². The van der Waals surface area contributed by atoms with E-state index in [1.165, 1.54) is 0 Å². The standard InChI is InChI=1S/C16H26O7.C8H18O5/c1-13(2)15(17)22-11-9-20-7-5-19-6-8-21-10-12-23-16(18)14(3)4;9-1-3-11-5-7-13-8-6-12-4-2-10/h1,3,5-12H2,2,4H3;9-10H,1-8H2. The van der Waals surface area contributed by atoms with E-state index in [0.29, 0.717) is 90.4 Å². The summed E-state index contributed by atoms with van der Waals surface area (Å²) in [5, 5.41) is 16.7. The van der Waals surface area contributed by atoms with Crippen LogP contribution in [0.2, 0.25) is 0 Å². The van der Waals surface area contributed by atoms with Crippen LogP contribution in [0.3, 0.4) is 0 Å². The minimum Gasteiger partial charge on any atom is -0.460 e. The van der Waals surface area contributed by atoms with Crippen molar-refractivity contribution >= 4 is 11.9 Å². The molecule has 0 unspecified atom stereocenters. The fraction of sp³-hybridized carbons (Fsp3) is 0.750. The molecule has 0 aliphatic rings. The van der Waals surface area contributed by atoms with Gasteiger partial charge in [-0.25, -0.2) is 9.59 Å². The van der Waals surface area contributed by atoms with Crippen LogP contribution in [-0.2, 0) is 47.5 Å². The number of rotatable bonds is 24. The van der Waals surface area contributed by atoms with Crippen molar-refractivity contribution < 1.29 is 57.7 Å². The maximum absolute atomic E-state index is 11.0. The zero-order valence-electron chi connectivity index (χ0n) is 21.7. The number of carbonyl (C=O) groups excluding carboxylic acids is 2. The number of esters is 2. The molecule has 0 spiro atoms. The first kappa shape index (κ1) is 36.3. The number of aliphatic hydroxyl groups is 2. The highest BCUT2D eigenvalue weighted by Crippen LogP contribution is 1.93. The summed E-state index contributed by atoms with van der Waals surface area (Å²) in [4.78, 5) is 22.1. The molecule has 0 saturated carbocycles. The zero-order valence-corrected chi connectivity index (χ0v) is 21.7. The second-order valence-electron chi connectivity index (χ2n) is 6.95. The van der Waals surface area contributed by atoms with Crippen LogP contribution in [0, 0.1) is 0 Å². The van der Waals surface area contributed by atoms with E-state index in [2.05, 4.69) is 13.2 Å². The van der Waals surface area contributed by atoms with E-state index in [1.807, 2.05) is 0 Å². The van der Waals surface area contributed by atoms with Gasteiger partial charge in [-0.15, -0.1) is 0 Å². The molecule has 36 heavy (non-hydrogen) atoms. The molecule has 0 rings (SSSR count). The van der Waals surface area contributed by atoms with Crippen LogP contribution in [0.5, 0.6) is 0 Å². The number of ether oxygens (including phenoxy) is 8. The minimum atomic E-state index is -0.420. The molecular weight excluding hydrogens is 480 g/mol. The molecule has 2 N–H and O–H groups in total. The summed E-state index contributed by atoms with van der Waals surface area (Å²) >= 11 is 0. The third-order valence-electron chi connectivity index (χ3n) is 3.58. The van der Waals surface area contributed by atoms with E-state index in [4.69, 9.17) is 48.1 Å². The first-order valence-electron chi connectivity index (χ1n) is 11.7. The fourth-order valence-corrected chi connectivity index (χ4v) is 1.85. The Morgan fingerprint density at radius 2 is 0.694 bits per heavy atom. The van der Waals surface area contributed by atoms with Crippen molar-refractivity contribution in [2.45, 2.75) is 13.8 Å². The van der Waals surface area contributed by atoms with Crippen LogP contribution in [-0.4, -0.2) is 128 Å². The molecule has 12 heteroatoms. The molecule has 0 heterocycles. The smallest absolute Gasteiger partial charge is 0.333 e. The maximum Gasteiger partial charge on any atom is 0.333 e. The summed E-state index contributed by atoms with van der Waals surface area (Å²) in [6.07, 6.45) is 0. The quantitative estimate of drug-likeness (QED) is 0.102. The average molecular weight is 525 g/mol. The Morgan fingerprint density at radius 1 is 0.472 bits per heavy atom. The lowest BCUT2D eigenvalue weighted by Gasteiger charge is -2.08. The summed E-state index contributed by atoms with van der Waals surface area (Å²) in [6, 6.07) is 0. The first-order chi connectivity index (χ1) is 17.4. The Labute approximate surface area is 214 Å². The zero-order chi connectivity index (χ0) is 27.3. The second kappa shape index (κ2) is 29.3. The molecule has 0 bridgehead atoms. The Balaban J connectivity index is 0. The van der Waals surface area contributed by atoms with Gasteiger partial charge in [0.1, 0.15) is 13.2 Å². The van der Waals surface area contributed by atoms with Gasteiger partial charge in [0.15, 0.2) is 0 Å². The SMILES string of the molecule is C=C(C)C(=O)OCCOCCOCCOCCOC(=O)C(=C)C.OCCOCCOCCOCCO. The molecule has 0 radical (unpaired) electrons. The Morgan fingerprint density at radius 3 is 0.917 bits per heavy atom. The predicted octanol–water partition coefficient (Wildman–Crippen LogP) is 0.296. The van der Waals surface area contributed by atoms with Crippen molar-refractivity contribution in [2.75, 3.05) is 106 Å². The molecule has 0 saturated heterocycles. The predicted molar refractivity (Wildman–Crippen MR) is 131 cm³/mol. The number of aliphatic hydroxyl groups excluding tert-OH is 2. The van der Waals surface area contributed by atoms with E-state index in [0.717, 1.165) is 0 Å². The number of hydrogen-bond acceptors (Lipinski definition) is 12. The molecular formula is C24H44O12. The van der Waals surface area contributed by atoms with Gasteiger partial charge >= 0.3 is 11.9 Å². The van der Waals surface area contributed by atoms with Crippen molar-refractivity contribution in [2.24, 2.45) is 0 Å². The normalized spacial score (nSPS) is 10.3. The Kier molecular flexibility index (Phi) is 29.5. The van der Waals surface area contributed by atoms with Crippen molar-refractivity contribution in [1.29, 1.82) is 0 Å². The van der Waals surface area contributed by atoms with Crippen molar-refractivity contribution in [3.05, 3.63) is 24.3 Å².